The van der Waals surface area contributed by atoms with Gasteiger partial charge in [0.2, 0.25) is 0 Å². The largest absolute Gasteiger partial charge is 0.461 e. The second-order valence-electron chi connectivity index (χ2n) is 3.89. The number of hydrogen-bond acceptors (Lipinski definition) is 4. The second-order valence-corrected chi connectivity index (χ2v) is 3.89. The summed E-state index contributed by atoms with van der Waals surface area (Å²) >= 11 is 0. The van der Waals surface area contributed by atoms with Crippen LogP contribution in [0.2, 0.25) is 0 Å². The van der Waals surface area contributed by atoms with E-state index in [0.717, 1.165) is 11.1 Å². The molecule has 0 aromatic heterocycles. The number of benzene rings is 1. The minimum Gasteiger partial charge on any atom is -0.461 e. The Morgan fingerprint density at radius 2 is 2.06 bits per heavy atom. The Morgan fingerprint density at radius 3 is 2.71 bits per heavy atom. The fraction of sp³-hybridized carbons (Fsp3) is 0.385. The molecule has 0 aliphatic rings. The molecule has 92 valence electrons. The highest BCUT2D eigenvalue weighted by Crippen LogP contribution is 2.06. The van der Waals surface area contributed by atoms with Crippen LogP contribution >= 0.6 is 0 Å². The van der Waals surface area contributed by atoms with Gasteiger partial charge in [0.25, 0.3) is 0 Å². The molecule has 1 aromatic carbocycles. The van der Waals surface area contributed by atoms with Gasteiger partial charge in [-0.1, -0.05) is 29.8 Å². The molecule has 2 N–H and O–H groups in total. The van der Waals surface area contributed by atoms with Gasteiger partial charge in [0.15, 0.2) is 0 Å². The molecule has 0 radical (unpaired) electrons. The fourth-order valence-electron chi connectivity index (χ4n) is 1.38. The van der Waals surface area contributed by atoms with E-state index in [1.165, 1.54) is 0 Å². The number of esters is 1. The average molecular weight is 235 g/mol. The van der Waals surface area contributed by atoms with Crippen LogP contribution in [-0.4, -0.2) is 18.3 Å². The topological polar surface area (TPSA) is 69.4 Å². The Kier molecular flexibility index (Phi) is 5.36. The smallest absolute Gasteiger partial charge is 0.306 e. The van der Waals surface area contributed by atoms with Crippen molar-refractivity contribution in [2.75, 3.05) is 6.54 Å². The molecule has 4 nitrogen and oxygen atoms in total. The van der Waals surface area contributed by atoms with E-state index < -0.39 is 0 Å². The zero-order valence-corrected chi connectivity index (χ0v) is 9.94. The molecule has 0 heterocycles. The second kappa shape index (κ2) is 6.81. The minimum absolute atomic E-state index is 0.0227. The molecule has 0 saturated carbocycles. The minimum atomic E-state index is -0.367. The Labute approximate surface area is 101 Å². The summed E-state index contributed by atoms with van der Waals surface area (Å²) in [4.78, 5) is 22.2. The summed E-state index contributed by atoms with van der Waals surface area (Å²) in [5.41, 5.74) is 7.21. The van der Waals surface area contributed by atoms with Gasteiger partial charge in [-0.2, -0.15) is 0 Å². The van der Waals surface area contributed by atoms with E-state index in [2.05, 4.69) is 0 Å². The molecule has 4 heteroatoms. The third-order valence-corrected chi connectivity index (χ3v) is 2.32. The number of rotatable bonds is 6. The Morgan fingerprint density at radius 1 is 1.29 bits per heavy atom. The van der Waals surface area contributed by atoms with Crippen molar-refractivity contribution >= 4 is 11.8 Å². The predicted octanol–water partition coefficient (Wildman–Crippen LogP) is 1.35. The maximum Gasteiger partial charge on any atom is 0.306 e. The molecule has 1 rings (SSSR count). The number of hydrogen-bond donors (Lipinski definition) is 1. The first kappa shape index (κ1) is 13.4. The molecule has 0 aliphatic carbocycles. The van der Waals surface area contributed by atoms with Crippen LogP contribution in [0.5, 0.6) is 0 Å². The van der Waals surface area contributed by atoms with Crippen molar-refractivity contribution in [2.24, 2.45) is 5.73 Å². The molecule has 0 amide bonds. The van der Waals surface area contributed by atoms with Crippen LogP contribution in [0, 0.1) is 6.92 Å². The van der Waals surface area contributed by atoms with Crippen molar-refractivity contribution in [1.29, 1.82) is 0 Å². The molecule has 1 aromatic rings. The zero-order chi connectivity index (χ0) is 12.7. The van der Waals surface area contributed by atoms with Crippen molar-refractivity contribution in [1.82, 2.24) is 0 Å². The molecule has 17 heavy (non-hydrogen) atoms. The van der Waals surface area contributed by atoms with E-state index in [1.54, 1.807) is 0 Å². The maximum atomic E-state index is 11.3. The number of Topliss-reactive ketones (excluding diaryl/α,β-unsaturated/α-hetero) is 1. The van der Waals surface area contributed by atoms with Crippen LogP contribution in [0.1, 0.15) is 24.0 Å². The standard InChI is InChI=1S/C13H17NO3/c1-10-3-2-4-11(7-10)9-17-13(16)6-5-12(15)8-14/h2-4,7H,5-6,8-9,14H2,1H3. The van der Waals surface area contributed by atoms with Crippen LogP contribution in [0.3, 0.4) is 0 Å². The monoisotopic (exact) mass is 235 g/mol. The molecule has 0 aliphatic heterocycles. The van der Waals surface area contributed by atoms with Gasteiger partial charge in [-0.05, 0) is 12.5 Å². The van der Waals surface area contributed by atoms with E-state index in [-0.39, 0.29) is 37.7 Å². The fourth-order valence-corrected chi connectivity index (χ4v) is 1.38. The summed E-state index contributed by atoms with van der Waals surface area (Å²) in [6.45, 7) is 2.20. The molecule has 0 unspecified atom stereocenters. The van der Waals surface area contributed by atoms with Crippen molar-refractivity contribution in [3.63, 3.8) is 0 Å². The molecule has 0 saturated heterocycles. The highest BCUT2D eigenvalue weighted by molar-refractivity contribution is 5.84. The van der Waals surface area contributed by atoms with Gasteiger partial charge >= 0.3 is 5.97 Å². The number of ether oxygens (including phenoxy) is 1. The number of aryl methyl sites for hydroxylation is 1. The van der Waals surface area contributed by atoms with Crippen molar-refractivity contribution in [3.05, 3.63) is 35.4 Å². The lowest BCUT2D eigenvalue weighted by molar-refractivity contribution is -0.146. The van der Waals surface area contributed by atoms with Gasteiger partial charge in [-0.25, -0.2) is 0 Å². The van der Waals surface area contributed by atoms with Crippen molar-refractivity contribution < 1.29 is 14.3 Å². The SMILES string of the molecule is Cc1cccc(COC(=O)CCC(=O)CN)c1. The van der Waals surface area contributed by atoms with Crippen molar-refractivity contribution in [2.45, 2.75) is 26.4 Å². The van der Waals surface area contributed by atoms with Crippen LogP contribution in [0.4, 0.5) is 0 Å². The first-order valence-electron chi connectivity index (χ1n) is 5.54. The van der Waals surface area contributed by atoms with Gasteiger partial charge in [0.1, 0.15) is 12.4 Å². The van der Waals surface area contributed by atoms with Crippen LogP contribution in [0.15, 0.2) is 24.3 Å². The Bertz CT molecular complexity index is 401. The third kappa shape index (κ3) is 5.26. The van der Waals surface area contributed by atoms with Gasteiger partial charge in [0, 0.05) is 6.42 Å². The number of nitrogens with two attached hydrogens (primary N) is 1. The van der Waals surface area contributed by atoms with Crippen molar-refractivity contribution in [3.8, 4) is 0 Å². The average Bonchev–Trinajstić information content (AvgIpc) is 2.33. The molecule has 0 fully saturated rings. The zero-order valence-electron chi connectivity index (χ0n) is 9.94. The first-order valence-corrected chi connectivity index (χ1v) is 5.54. The first-order chi connectivity index (χ1) is 8.11. The maximum absolute atomic E-state index is 11.3. The summed E-state index contributed by atoms with van der Waals surface area (Å²) in [5, 5.41) is 0. The summed E-state index contributed by atoms with van der Waals surface area (Å²) in [6.07, 6.45) is 0.255. The lowest BCUT2D eigenvalue weighted by Gasteiger charge is -2.05. The summed E-state index contributed by atoms with van der Waals surface area (Å²) < 4.78 is 5.05. The van der Waals surface area contributed by atoms with Gasteiger partial charge < -0.3 is 10.5 Å². The molecular formula is C13H17NO3. The molecule has 0 spiro atoms. The highest BCUT2D eigenvalue weighted by Gasteiger charge is 2.06. The molecular weight excluding hydrogens is 218 g/mol. The van der Waals surface area contributed by atoms with Gasteiger partial charge in [0.05, 0.1) is 13.0 Å². The van der Waals surface area contributed by atoms with E-state index >= 15 is 0 Å². The number of carbonyl (C=O) groups excluding carboxylic acids is 2. The van der Waals surface area contributed by atoms with Crippen LogP contribution in [0.25, 0.3) is 0 Å². The quantitative estimate of drug-likeness (QED) is 0.755. The van der Waals surface area contributed by atoms with Crippen LogP contribution < -0.4 is 5.73 Å². The summed E-state index contributed by atoms with van der Waals surface area (Å²) in [7, 11) is 0. The highest BCUT2D eigenvalue weighted by atomic mass is 16.5. The lowest BCUT2D eigenvalue weighted by atomic mass is 10.1. The summed E-state index contributed by atoms with van der Waals surface area (Å²) in [6, 6.07) is 7.74. The van der Waals surface area contributed by atoms with E-state index in [4.69, 9.17) is 10.5 Å². The van der Waals surface area contributed by atoms with E-state index in [1.807, 2.05) is 31.2 Å². The Balaban J connectivity index is 2.31. The van der Waals surface area contributed by atoms with Gasteiger partial charge in [-0.15, -0.1) is 0 Å². The van der Waals surface area contributed by atoms with Crippen LogP contribution in [-0.2, 0) is 20.9 Å². The summed E-state index contributed by atoms with van der Waals surface area (Å²) in [5.74, 6) is -0.495. The molecule has 0 bridgehead atoms. The predicted molar refractivity (Wildman–Crippen MR) is 64.3 cm³/mol. The van der Waals surface area contributed by atoms with E-state index in [0.29, 0.717) is 0 Å². The normalized spacial score (nSPS) is 10.0. The number of ketones is 1. The third-order valence-electron chi connectivity index (χ3n) is 2.32. The lowest BCUT2D eigenvalue weighted by Crippen LogP contribution is -2.15. The van der Waals surface area contributed by atoms with Gasteiger partial charge in [-0.3, -0.25) is 9.59 Å². The number of carbonyl (C=O) groups is 2. The molecule has 0 atom stereocenters. The Hall–Kier alpha value is -1.68. The van der Waals surface area contributed by atoms with E-state index in [9.17, 15) is 9.59 Å².